The number of thiazole rings is 1. The summed E-state index contributed by atoms with van der Waals surface area (Å²) in [4.78, 5) is 34.5. The highest BCUT2D eigenvalue weighted by atomic mass is 32.1. The highest BCUT2D eigenvalue weighted by Crippen LogP contribution is 2.32. The Hall–Kier alpha value is -2.41. The van der Waals surface area contributed by atoms with Gasteiger partial charge >= 0.3 is 6.03 Å². The highest BCUT2D eigenvalue weighted by Gasteiger charge is 2.32. The lowest BCUT2D eigenvalue weighted by atomic mass is 10.0. The van der Waals surface area contributed by atoms with Crippen LogP contribution in [-0.4, -0.2) is 52.4 Å². The molecule has 0 aliphatic carbocycles. The zero-order chi connectivity index (χ0) is 21.3. The van der Waals surface area contributed by atoms with Crippen LogP contribution in [0.1, 0.15) is 54.8 Å². The van der Waals surface area contributed by atoms with E-state index in [1.807, 2.05) is 23.6 Å². The number of urea groups is 1. The van der Waals surface area contributed by atoms with Crippen LogP contribution in [0.4, 0.5) is 4.79 Å². The minimum atomic E-state index is -0.0907. The average molecular weight is 427 g/mol. The molecule has 1 aromatic heterocycles. The summed E-state index contributed by atoms with van der Waals surface area (Å²) in [7, 11) is 0. The summed E-state index contributed by atoms with van der Waals surface area (Å²) >= 11 is 1.64. The molecule has 2 saturated heterocycles. The second-order valence-corrected chi connectivity index (χ2v) is 9.45. The first-order valence-electron chi connectivity index (χ1n) is 10.8. The summed E-state index contributed by atoms with van der Waals surface area (Å²) in [6.45, 7) is 8.37. The smallest absolute Gasteiger partial charge is 0.317 e. The lowest BCUT2D eigenvalue weighted by Crippen LogP contribution is -2.50. The molecule has 1 atom stereocenters. The fraction of sp³-hybridized carbons (Fsp3) is 0.522. The van der Waals surface area contributed by atoms with Crippen LogP contribution in [0.25, 0.3) is 10.6 Å². The molecule has 6 nitrogen and oxygen atoms in total. The molecule has 3 heterocycles. The van der Waals surface area contributed by atoms with E-state index in [0.29, 0.717) is 25.6 Å². The van der Waals surface area contributed by atoms with Crippen LogP contribution in [0.3, 0.4) is 0 Å². The first-order valence-corrected chi connectivity index (χ1v) is 11.6. The number of hydrogen-bond acceptors (Lipinski definition) is 4. The third kappa shape index (κ3) is 4.36. The first kappa shape index (κ1) is 20.8. The Morgan fingerprint density at radius 2 is 1.87 bits per heavy atom. The van der Waals surface area contributed by atoms with Crippen molar-refractivity contribution in [2.24, 2.45) is 0 Å². The second-order valence-electron chi connectivity index (χ2n) is 8.41. The van der Waals surface area contributed by atoms with Crippen LogP contribution in [-0.2, 0) is 4.79 Å². The van der Waals surface area contributed by atoms with E-state index in [1.165, 1.54) is 5.56 Å². The predicted molar refractivity (Wildman–Crippen MR) is 120 cm³/mol. The fourth-order valence-corrected chi connectivity index (χ4v) is 5.48. The van der Waals surface area contributed by atoms with E-state index in [4.69, 9.17) is 4.98 Å². The predicted octanol–water partition coefficient (Wildman–Crippen LogP) is 4.28. The summed E-state index contributed by atoms with van der Waals surface area (Å²) in [6.07, 6.45) is 3.38. The molecule has 2 aliphatic heterocycles. The van der Waals surface area contributed by atoms with E-state index in [9.17, 15) is 9.59 Å². The van der Waals surface area contributed by atoms with Gasteiger partial charge < -0.3 is 15.1 Å². The number of carbonyl (C=O) groups is 2. The summed E-state index contributed by atoms with van der Waals surface area (Å²) in [5.41, 5.74) is 3.30. The van der Waals surface area contributed by atoms with Crippen LogP contribution in [0.15, 0.2) is 24.3 Å². The number of likely N-dealkylation sites (tertiary alicyclic amines) is 2. The molecule has 0 bridgehead atoms. The lowest BCUT2D eigenvalue weighted by Gasteiger charge is -2.37. The summed E-state index contributed by atoms with van der Waals surface area (Å²) < 4.78 is 0. The maximum atomic E-state index is 12.8. The molecule has 7 heteroatoms. The van der Waals surface area contributed by atoms with Crippen molar-refractivity contribution in [1.82, 2.24) is 20.1 Å². The Morgan fingerprint density at radius 3 is 2.50 bits per heavy atom. The molecule has 1 N–H and O–H groups in total. The second kappa shape index (κ2) is 8.76. The van der Waals surface area contributed by atoms with E-state index in [2.05, 4.69) is 36.5 Å². The monoisotopic (exact) mass is 426 g/mol. The van der Waals surface area contributed by atoms with Gasteiger partial charge in [0.05, 0.1) is 16.6 Å². The molecule has 0 radical (unpaired) electrons. The van der Waals surface area contributed by atoms with Crippen molar-refractivity contribution in [3.8, 4) is 10.6 Å². The zero-order valence-electron chi connectivity index (χ0n) is 18.0. The molecule has 0 saturated carbocycles. The van der Waals surface area contributed by atoms with E-state index >= 15 is 0 Å². The van der Waals surface area contributed by atoms with Gasteiger partial charge in [-0.3, -0.25) is 4.79 Å². The van der Waals surface area contributed by atoms with Crippen molar-refractivity contribution in [3.05, 3.63) is 40.4 Å². The number of rotatable bonds is 4. The van der Waals surface area contributed by atoms with E-state index in [1.54, 1.807) is 11.3 Å². The van der Waals surface area contributed by atoms with Crippen LogP contribution >= 0.6 is 11.3 Å². The molecule has 30 heavy (non-hydrogen) atoms. The van der Waals surface area contributed by atoms with Gasteiger partial charge in [0.1, 0.15) is 5.01 Å². The number of hydrogen-bond donors (Lipinski definition) is 1. The first-order chi connectivity index (χ1) is 14.4. The van der Waals surface area contributed by atoms with E-state index < -0.39 is 0 Å². The largest absolute Gasteiger partial charge is 0.340 e. The van der Waals surface area contributed by atoms with E-state index in [-0.39, 0.29) is 18.0 Å². The van der Waals surface area contributed by atoms with Gasteiger partial charge in [-0.2, -0.15) is 0 Å². The third-order valence-electron chi connectivity index (χ3n) is 6.17. The molecular weight excluding hydrogens is 396 g/mol. The number of nitrogens with zero attached hydrogens (tertiary/aromatic N) is 3. The maximum Gasteiger partial charge on any atom is 0.317 e. The molecule has 2 fully saturated rings. The SMILES string of the molecule is Cc1ccc(-c2nc(C)c([C@H](C)NC(=O)N3CCC(N4CCCC4=O)CC3)s2)cc1. The molecule has 2 aliphatic rings. The normalized spacial score (nSPS) is 18.7. The molecule has 1 aromatic carbocycles. The minimum Gasteiger partial charge on any atom is -0.340 e. The summed E-state index contributed by atoms with van der Waals surface area (Å²) in [5, 5.41) is 4.14. The Morgan fingerprint density at radius 1 is 1.17 bits per heavy atom. The van der Waals surface area contributed by atoms with Crippen molar-refractivity contribution < 1.29 is 9.59 Å². The van der Waals surface area contributed by atoms with Crippen molar-refractivity contribution in [2.75, 3.05) is 19.6 Å². The van der Waals surface area contributed by atoms with Crippen LogP contribution in [0.2, 0.25) is 0 Å². The topological polar surface area (TPSA) is 65.5 Å². The number of benzene rings is 1. The van der Waals surface area contributed by atoms with Gasteiger partial charge in [-0.15, -0.1) is 11.3 Å². The zero-order valence-corrected chi connectivity index (χ0v) is 18.8. The average Bonchev–Trinajstić information content (AvgIpc) is 3.34. The molecule has 3 amide bonds. The van der Waals surface area contributed by atoms with E-state index in [0.717, 1.165) is 46.9 Å². The Balaban J connectivity index is 1.35. The van der Waals surface area contributed by atoms with Crippen LogP contribution in [0, 0.1) is 13.8 Å². The van der Waals surface area contributed by atoms with Gasteiger partial charge in [0.15, 0.2) is 0 Å². The van der Waals surface area contributed by atoms with Crippen molar-refractivity contribution in [2.45, 2.75) is 58.5 Å². The Labute approximate surface area is 182 Å². The molecule has 0 spiro atoms. The number of aromatic nitrogens is 1. The standard InChI is InChI=1S/C23H30N4O2S/c1-15-6-8-18(9-7-15)22-24-16(2)21(30-22)17(3)25-23(29)26-13-10-19(11-14-26)27-12-4-5-20(27)28/h6-9,17,19H,4-5,10-14H2,1-3H3,(H,25,29)/t17-/m0/s1. The Bertz CT molecular complexity index is 916. The van der Waals surface area contributed by atoms with Crippen LogP contribution in [0.5, 0.6) is 0 Å². The number of amides is 3. The van der Waals surface area contributed by atoms with Crippen molar-refractivity contribution in [1.29, 1.82) is 0 Å². The maximum absolute atomic E-state index is 12.8. The molecule has 4 rings (SSSR count). The molecular formula is C23H30N4O2S. The third-order valence-corrected chi connectivity index (χ3v) is 7.56. The van der Waals surface area contributed by atoms with Gasteiger partial charge in [0.2, 0.25) is 5.91 Å². The van der Waals surface area contributed by atoms with Gasteiger partial charge in [0, 0.05) is 37.7 Å². The molecule has 0 unspecified atom stereocenters. The van der Waals surface area contributed by atoms with Crippen molar-refractivity contribution >= 4 is 23.3 Å². The quantitative estimate of drug-likeness (QED) is 0.793. The summed E-state index contributed by atoms with van der Waals surface area (Å²) in [5.74, 6) is 0.275. The molecule has 160 valence electrons. The Kier molecular flexibility index (Phi) is 6.09. The minimum absolute atomic E-state index is 0.0293. The summed E-state index contributed by atoms with van der Waals surface area (Å²) in [6, 6.07) is 8.55. The van der Waals surface area contributed by atoms with Gasteiger partial charge in [-0.1, -0.05) is 29.8 Å². The number of piperidine rings is 1. The van der Waals surface area contributed by atoms with Gasteiger partial charge in [0.25, 0.3) is 0 Å². The van der Waals surface area contributed by atoms with Crippen molar-refractivity contribution in [3.63, 3.8) is 0 Å². The van der Waals surface area contributed by atoms with Gasteiger partial charge in [-0.05, 0) is 40.0 Å². The number of nitrogens with one attached hydrogen (secondary N) is 1. The van der Waals surface area contributed by atoms with Crippen LogP contribution < -0.4 is 5.32 Å². The number of carbonyl (C=O) groups excluding carboxylic acids is 2. The lowest BCUT2D eigenvalue weighted by molar-refractivity contribution is -0.130. The van der Waals surface area contributed by atoms with Gasteiger partial charge in [-0.25, -0.2) is 9.78 Å². The fourth-order valence-electron chi connectivity index (χ4n) is 4.41. The number of aryl methyl sites for hydroxylation is 2. The molecule has 2 aromatic rings. The highest BCUT2D eigenvalue weighted by molar-refractivity contribution is 7.15.